The molecule has 3 rings (SSSR count). The van der Waals surface area contributed by atoms with Gasteiger partial charge in [-0.1, -0.05) is 0 Å². The van der Waals surface area contributed by atoms with E-state index in [9.17, 15) is 9.18 Å². The van der Waals surface area contributed by atoms with Crippen LogP contribution in [0.4, 0.5) is 4.39 Å². The van der Waals surface area contributed by atoms with E-state index in [1.54, 1.807) is 31.6 Å². The summed E-state index contributed by atoms with van der Waals surface area (Å²) in [6.45, 7) is 2.32. The van der Waals surface area contributed by atoms with Gasteiger partial charge in [-0.15, -0.1) is 11.3 Å². The number of thiazole rings is 1. The number of imidazole rings is 1. The van der Waals surface area contributed by atoms with Crippen LogP contribution in [-0.2, 0) is 6.42 Å². The molecule has 1 amide bonds. The number of nitrogens with one attached hydrogen (secondary N) is 2. The highest BCUT2D eigenvalue weighted by atomic mass is 32.1. The molecule has 118 valence electrons. The minimum atomic E-state index is -0.293. The second-order valence-corrected chi connectivity index (χ2v) is 6.02. The summed E-state index contributed by atoms with van der Waals surface area (Å²) in [6.07, 6.45) is 4.03. The van der Waals surface area contributed by atoms with Crippen molar-refractivity contribution in [2.75, 3.05) is 6.54 Å². The maximum absolute atomic E-state index is 13.0. The molecule has 3 aromatic rings. The topological polar surface area (TPSA) is 70.7 Å². The largest absolute Gasteiger partial charge is 0.351 e. The van der Waals surface area contributed by atoms with Crippen molar-refractivity contribution < 1.29 is 9.18 Å². The van der Waals surface area contributed by atoms with E-state index in [1.165, 1.54) is 23.5 Å². The number of H-pyrrole nitrogens is 1. The lowest BCUT2D eigenvalue weighted by Gasteiger charge is -2.02. The molecule has 0 saturated heterocycles. The number of benzene rings is 1. The molecular formula is C16H15FN4OS. The minimum absolute atomic E-state index is 0.145. The molecule has 0 aliphatic carbocycles. The third-order valence-corrected chi connectivity index (χ3v) is 4.53. The molecule has 0 spiro atoms. The van der Waals surface area contributed by atoms with Gasteiger partial charge in [0, 0.05) is 30.4 Å². The van der Waals surface area contributed by atoms with Crippen molar-refractivity contribution in [1.82, 2.24) is 20.3 Å². The molecule has 0 fully saturated rings. The van der Waals surface area contributed by atoms with E-state index in [-0.39, 0.29) is 11.7 Å². The molecule has 7 heteroatoms. The Labute approximate surface area is 136 Å². The highest BCUT2D eigenvalue weighted by Crippen LogP contribution is 2.27. The average Bonchev–Trinajstić information content (AvgIpc) is 3.17. The first-order valence-electron chi connectivity index (χ1n) is 7.12. The molecule has 23 heavy (non-hydrogen) atoms. The number of carbonyl (C=O) groups excluding carboxylic acids is 1. The van der Waals surface area contributed by atoms with Gasteiger partial charge in [-0.2, -0.15) is 0 Å². The van der Waals surface area contributed by atoms with Crippen molar-refractivity contribution in [2.24, 2.45) is 0 Å². The van der Waals surface area contributed by atoms with Crippen LogP contribution >= 0.6 is 11.3 Å². The van der Waals surface area contributed by atoms with E-state index >= 15 is 0 Å². The highest BCUT2D eigenvalue weighted by Gasteiger charge is 2.16. The van der Waals surface area contributed by atoms with Crippen LogP contribution in [0.5, 0.6) is 0 Å². The van der Waals surface area contributed by atoms with Crippen LogP contribution in [0.15, 0.2) is 36.8 Å². The summed E-state index contributed by atoms with van der Waals surface area (Å²) in [5.41, 5.74) is 2.45. The molecule has 5 nitrogen and oxygen atoms in total. The summed E-state index contributed by atoms with van der Waals surface area (Å²) in [7, 11) is 0. The summed E-state index contributed by atoms with van der Waals surface area (Å²) < 4.78 is 13.0. The second kappa shape index (κ2) is 6.70. The fourth-order valence-corrected chi connectivity index (χ4v) is 3.12. The van der Waals surface area contributed by atoms with Crippen molar-refractivity contribution in [2.45, 2.75) is 13.3 Å². The van der Waals surface area contributed by atoms with Crippen LogP contribution in [0.3, 0.4) is 0 Å². The summed E-state index contributed by atoms with van der Waals surface area (Å²) in [6, 6.07) is 6.09. The summed E-state index contributed by atoms with van der Waals surface area (Å²) >= 11 is 1.31. The van der Waals surface area contributed by atoms with Crippen molar-refractivity contribution in [3.8, 4) is 10.6 Å². The average molecular weight is 330 g/mol. The van der Waals surface area contributed by atoms with Gasteiger partial charge < -0.3 is 10.3 Å². The van der Waals surface area contributed by atoms with Gasteiger partial charge in [0.2, 0.25) is 0 Å². The fraction of sp³-hybridized carbons (Fsp3) is 0.188. The molecule has 0 radical (unpaired) electrons. The van der Waals surface area contributed by atoms with E-state index in [0.717, 1.165) is 11.3 Å². The van der Waals surface area contributed by atoms with Gasteiger partial charge in [-0.25, -0.2) is 14.4 Å². The molecule has 2 aromatic heterocycles. The van der Waals surface area contributed by atoms with Crippen LogP contribution in [0.1, 0.15) is 21.1 Å². The van der Waals surface area contributed by atoms with Crippen LogP contribution in [0.25, 0.3) is 10.6 Å². The maximum atomic E-state index is 13.0. The molecule has 0 aliphatic heterocycles. The molecule has 0 aliphatic rings. The maximum Gasteiger partial charge on any atom is 0.263 e. The molecule has 2 N–H and O–H groups in total. The van der Waals surface area contributed by atoms with Gasteiger partial charge in [-0.3, -0.25) is 4.79 Å². The quantitative estimate of drug-likeness (QED) is 0.755. The lowest BCUT2D eigenvalue weighted by molar-refractivity contribution is 0.0957. The van der Waals surface area contributed by atoms with E-state index in [4.69, 9.17) is 0 Å². The Morgan fingerprint density at radius 1 is 1.35 bits per heavy atom. The first-order valence-corrected chi connectivity index (χ1v) is 7.94. The third kappa shape index (κ3) is 3.62. The minimum Gasteiger partial charge on any atom is -0.351 e. The number of rotatable bonds is 5. The molecule has 0 unspecified atom stereocenters. The second-order valence-electron chi connectivity index (χ2n) is 5.02. The first kappa shape index (κ1) is 15.4. The van der Waals surface area contributed by atoms with Crippen LogP contribution in [-0.4, -0.2) is 27.4 Å². The van der Waals surface area contributed by atoms with E-state index in [1.807, 2.05) is 0 Å². The summed E-state index contributed by atoms with van der Waals surface area (Å²) in [5, 5.41) is 3.59. The first-order chi connectivity index (χ1) is 11.1. The Bertz CT molecular complexity index is 796. The number of carbonyl (C=O) groups is 1. The van der Waals surface area contributed by atoms with Gasteiger partial charge >= 0.3 is 0 Å². The van der Waals surface area contributed by atoms with Gasteiger partial charge in [0.05, 0.1) is 12.0 Å². The SMILES string of the molecule is Cc1nc(-c2ccc(F)cc2)sc1C(=O)NCCc1cnc[nH]1. The van der Waals surface area contributed by atoms with Crippen LogP contribution in [0, 0.1) is 12.7 Å². The molecular weight excluding hydrogens is 315 g/mol. The monoisotopic (exact) mass is 330 g/mol. The van der Waals surface area contributed by atoms with Crippen molar-refractivity contribution in [3.05, 3.63) is 58.9 Å². The molecule has 2 heterocycles. The number of aryl methyl sites for hydroxylation is 1. The zero-order valence-electron chi connectivity index (χ0n) is 12.5. The summed E-state index contributed by atoms with van der Waals surface area (Å²) in [4.78, 5) is 24.2. The molecule has 1 aromatic carbocycles. The predicted molar refractivity (Wildman–Crippen MR) is 86.9 cm³/mol. The van der Waals surface area contributed by atoms with E-state index in [0.29, 0.717) is 28.5 Å². The Morgan fingerprint density at radius 2 is 2.13 bits per heavy atom. The Hall–Kier alpha value is -2.54. The van der Waals surface area contributed by atoms with Gasteiger partial charge in [0.1, 0.15) is 15.7 Å². The zero-order valence-corrected chi connectivity index (χ0v) is 13.3. The number of hydrogen-bond acceptors (Lipinski definition) is 4. The van der Waals surface area contributed by atoms with Gasteiger partial charge in [0.15, 0.2) is 0 Å². The Balaban J connectivity index is 1.67. The predicted octanol–water partition coefficient (Wildman–Crippen LogP) is 2.95. The van der Waals surface area contributed by atoms with Crippen molar-refractivity contribution >= 4 is 17.2 Å². The highest BCUT2D eigenvalue weighted by molar-refractivity contribution is 7.17. The third-order valence-electron chi connectivity index (χ3n) is 3.33. The van der Waals surface area contributed by atoms with Crippen LogP contribution in [0.2, 0.25) is 0 Å². The Kier molecular flexibility index (Phi) is 4.47. The lowest BCUT2D eigenvalue weighted by atomic mass is 10.2. The van der Waals surface area contributed by atoms with Crippen molar-refractivity contribution in [3.63, 3.8) is 0 Å². The number of halogens is 1. The molecule has 0 saturated carbocycles. The lowest BCUT2D eigenvalue weighted by Crippen LogP contribution is -2.25. The fourth-order valence-electron chi connectivity index (χ4n) is 2.14. The molecule has 0 bridgehead atoms. The summed E-state index contributed by atoms with van der Waals surface area (Å²) in [5.74, 6) is -0.438. The standard InChI is InChI=1S/C16H15FN4OS/c1-10-14(15(22)19-7-6-13-8-18-9-20-13)23-16(21-10)11-2-4-12(17)5-3-11/h2-5,8-9H,6-7H2,1H3,(H,18,20)(H,19,22). The number of amides is 1. The van der Waals surface area contributed by atoms with Crippen molar-refractivity contribution in [1.29, 1.82) is 0 Å². The van der Waals surface area contributed by atoms with Crippen LogP contribution < -0.4 is 5.32 Å². The van der Waals surface area contributed by atoms with Gasteiger partial charge in [-0.05, 0) is 31.2 Å². The van der Waals surface area contributed by atoms with E-state index in [2.05, 4.69) is 20.3 Å². The number of aromatic amines is 1. The number of hydrogen-bond donors (Lipinski definition) is 2. The number of nitrogens with zero attached hydrogens (tertiary/aromatic N) is 2. The van der Waals surface area contributed by atoms with Gasteiger partial charge in [0.25, 0.3) is 5.91 Å². The smallest absolute Gasteiger partial charge is 0.263 e. The normalized spacial score (nSPS) is 10.7. The zero-order chi connectivity index (χ0) is 16.2. The number of aromatic nitrogens is 3. The van der Waals surface area contributed by atoms with E-state index < -0.39 is 0 Å². The Morgan fingerprint density at radius 3 is 2.83 bits per heavy atom. The molecule has 0 atom stereocenters.